The third-order valence-corrected chi connectivity index (χ3v) is 6.82. The van der Waals surface area contributed by atoms with E-state index < -0.39 is 28.5 Å². The van der Waals surface area contributed by atoms with Crippen LogP contribution in [0.5, 0.6) is 0 Å². The molecule has 2 aromatic carbocycles. The van der Waals surface area contributed by atoms with Gasteiger partial charge in [-0.3, -0.25) is 4.79 Å². The number of halogens is 1. The lowest BCUT2D eigenvalue weighted by Gasteiger charge is -2.07. The summed E-state index contributed by atoms with van der Waals surface area (Å²) in [5.41, 5.74) is 1.69. The Kier molecular flexibility index (Phi) is 6.21. The molecule has 3 N–H and O–H groups in total. The first-order valence-corrected chi connectivity index (χ1v) is 12.2. The summed E-state index contributed by atoms with van der Waals surface area (Å²) < 4.78 is 29.7. The number of primary sulfonamides is 1. The summed E-state index contributed by atoms with van der Waals surface area (Å²) >= 11 is 7.27. The Morgan fingerprint density at radius 3 is 2.67 bits per heavy atom. The number of nitrogens with two attached hydrogens (primary N) is 1. The number of hydrogen-bond donors (Lipinski definition) is 2. The number of esters is 1. The first-order valence-electron chi connectivity index (χ1n) is 9.47. The number of aryl methyl sites for hydroxylation is 1. The highest BCUT2D eigenvalue weighted by Gasteiger charge is 2.19. The summed E-state index contributed by atoms with van der Waals surface area (Å²) in [6.45, 7) is 1.28. The van der Waals surface area contributed by atoms with Gasteiger partial charge in [0.2, 0.25) is 10.0 Å². The van der Waals surface area contributed by atoms with E-state index in [1.54, 1.807) is 28.9 Å². The van der Waals surface area contributed by atoms with Gasteiger partial charge in [-0.05, 0) is 49.4 Å². The van der Waals surface area contributed by atoms with E-state index in [0.717, 1.165) is 21.6 Å². The van der Waals surface area contributed by atoms with E-state index in [-0.39, 0.29) is 10.6 Å². The van der Waals surface area contributed by atoms with Crippen LogP contribution in [0.1, 0.15) is 15.4 Å². The molecule has 2 aromatic heterocycles. The summed E-state index contributed by atoms with van der Waals surface area (Å²) in [6.07, 6.45) is 0. The fourth-order valence-corrected chi connectivity index (χ4v) is 4.90. The second kappa shape index (κ2) is 8.94. The van der Waals surface area contributed by atoms with E-state index in [1.807, 2.05) is 13.0 Å². The van der Waals surface area contributed by atoms with Crippen LogP contribution in [0.15, 0.2) is 59.5 Å². The lowest BCUT2D eigenvalue weighted by atomic mass is 10.3. The Balaban J connectivity index is 1.46. The number of nitrogens with one attached hydrogen (secondary N) is 1. The molecule has 0 radical (unpaired) electrons. The summed E-state index contributed by atoms with van der Waals surface area (Å²) in [5, 5.41) is 13.4. The van der Waals surface area contributed by atoms with Gasteiger partial charge in [-0.15, -0.1) is 11.3 Å². The normalized spacial score (nSPS) is 11.5. The molecule has 0 fully saturated rings. The van der Waals surface area contributed by atoms with Crippen molar-refractivity contribution >= 4 is 60.7 Å². The van der Waals surface area contributed by atoms with Crippen molar-refractivity contribution in [3.05, 3.63) is 70.2 Å². The van der Waals surface area contributed by atoms with Crippen molar-refractivity contribution < 1.29 is 22.7 Å². The first-order chi connectivity index (χ1) is 15.6. The molecule has 4 aromatic rings. The maximum absolute atomic E-state index is 12.5. The summed E-state index contributed by atoms with van der Waals surface area (Å²) in [7, 11) is -3.91. The molecule has 0 bridgehead atoms. The van der Waals surface area contributed by atoms with E-state index in [0.29, 0.717) is 9.90 Å². The molecular formula is C21H17ClN4O5S2. The Morgan fingerprint density at radius 1 is 1.18 bits per heavy atom. The van der Waals surface area contributed by atoms with E-state index in [1.165, 1.54) is 35.6 Å². The van der Waals surface area contributed by atoms with Gasteiger partial charge in [0, 0.05) is 16.1 Å². The van der Waals surface area contributed by atoms with Crippen LogP contribution >= 0.6 is 22.9 Å². The highest BCUT2D eigenvalue weighted by atomic mass is 35.5. The molecule has 0 unspecified atom stereocenters. The predicted molar refractivity (Wildman–Crippen MR) is 125 cm³/mol. The molecule has 0 aliphatic carbocycles. The predicted octanol–water partition coefficient (Wildman–Crippen LogP) is 3.49. The van der Waals surface area contributed by atoms with Crippen molar-refractivity contribution in [2.24, 2.45) is 5.14 Å². The van der Waals surface area contributed by atoms with Crippen molar-refractivity contribution in [3.8, 4) is 5.69 Å². The summed E-state index contributed by atoms with van der Waals surface area (Å²) in [6, 6.07) is 14.3. The van der Waals surface area contributed by atoms with Gasteiger partial charge in [-0.2, -0.15) is 5.10 Å². The number of hydrogen-bond acceptors (Lipinski definition) is 7. The zero-order valence-corrected chi connectivity index (χ0v) is 19.5. The Labute approximate surface area is 197 Å². The molecule has 0 saturated carbocycles. The van der Waals surface area contributed by atoms with Crippen molar-refractivity contribution in [1.29, 1.82) is 0 Å². The second-order valence-electron chi connectivity index (χ2n) is 7.00. The van der Waals surface area contributed by atoms with Crippen LogP contribution in [0.4, 0.5) is 5.69 Å². The van der Waals surface area contributed by atoms with E-state index >= 15 is 0 Å². The third kappa shape index (κ3) is 5.06. The standard InChI is InChI=1S/C21H17ClN4O5S2/c1-12-17-10-18(32-20(17)26(25-12)15-6-2-4-13(22)8-15)21(28)31-11-19(27)24-14-5-3-7-16(9-14)33(23,29)30/h2-10H,11H2,1H3,(H,24,27)(H2,23,29,30). The van der Waals surface area contributed by atoms with Gasteiger partial charge in [0.15, 0.2) is 6.61 Å². The molecular weight excluding hydrogens is 488 g/mol. The summed E-state index contributed by atoms with van der Waals surface area (Å²) in [5.74, 6) is -1.29. The van der Waals surface area contributed by atoms with E-state index in [9.17, 15) is 18.0 Å². The molecule has 0 spiro atoms. The SMILES string of the molecule is Cc1nn(-c2cccc(Cl)c2)c2sc(C(=O)OCC(=O)Nc3cccc(S(N)(=O)=O)c3)cc12. The summed E-state index contributed by atoms with van der Waals surface area (Å²) in [4.78, 5) is 25.6. The van der Waals surface area contributed by atoms with Crippen LogP contribution in [-0.4, -0.2) is 36.7 Å². The minimum Gasteiger partial charge on any atom is -0.451 e. The van der Waals surface area contributed by atoms with Gasteiger partial charge in [0.25, 0.3) is 5.91 Å². The maximum Gasteiger partial charge on any atom is 0.348 e. The lowest BCUT2D eigenvalue weighted by molar-refractivity contribution is -0.119. The average Bonchev–Trinajstić information content (AvgIpc) is 3.32. The van der Waals surface area contributed by atoms with Gasteiger partial charge in [0.05, 0.1) is 16.3 Å². The molecule has 0 atom stereocenters. The highest BCUT2D eigenvalue weighted by Crippen LogP contribution is 2.31. The number of thiophene rings is 1. The molecule has 170 valence electrons. The molecule has 9 nitrogen and oxygen atoms in total. The Bertz CT molecular complexity index is 1490. The lowest BCUT2D eigenvalue weighted by Crippen LogP contribution is -2.21. The minimum atomic E-state index is -3.91. The molecule has 12 heteroatoms. The molecule has 4 rings (SSSR count). The number of fused-ring (bicyclic) bond motifs is 1. The number of aromatic nitrogens is 2. The number of anilines is 1. The minimum absolute atomic E-state index is 0.147. The number of nitrogens with zero attached hydrogens (tertiary/aromatic N) is 2. The third-order valence-electron chi connectivity index (χ3n) is 4.58. The van der Waals surface area contributed by atoms with E-state index in [2.05, 4.69) is 10.4 Å². The number of carbonyl (C=O) groups is 2. The molecule has 2 heterocycles. The van der Waals surface area contributed by atoms with Crippen LogP contribution < -0.4 is 10.5 Å². The highest BCUT2D eigenvalue weighted by molar-refractivity contribution is 7.89. The van der Waals surface area contributed by atoms with Crippen LogP contribution in [0.3, 0.4) is 0 Å². The Hall–Kier alpha value is -3.25. The van der Waals surface area contributed by atoms with Crippen LogP contribution in [0.25, 0.3) is 15.9 Å². The molecule has 1 amide bonds. The maximum atomic E-state index is 12.5. The van der Waals surface area contributed by atoms with Crippen molar-refractivity contribution in [2.75, 3.05) is 11.9 Å². The largest absolute Gasteiger partial charge is 0.451 e. The van der Waals surface area contributed by atoms with Crippen LogP contribution in [-0.2, 0) is 19.6 Å². The Morgan fingerprint density at radius 2 is 1.94 bits per heavy atom. The second-order valence-corrected chi connectivity index (χ2v) is 10.0. The number of sulfonamides is 1. The number of benzene rings is 2. The average molecular weight is 505 g/mol. The number of ether oxygens (including phenoxy) is 1. The van der Waals surface area contributed by atoms with Crippen LogP contribution in [0.2, 0.25) is 5.02 Å². The topological polar surface area (TPSA) is 133 Å². The zero-order valence-electron chi connectivity index (χ0n) is 17.1. The zero-order chi connectivity index (χ0) is 23.8. The molecule has 33 heavy (non-hydrogen) atoms. The quantitative estimate of drug-likeness (QED) is 0.386. The smallest absolute Gasteiger partial charge is 0.348 e. The molecule has 0 saturated heterocycles. The monoisotopic (exact) mass is 504 g/mol. The van der Waals surface area contributed by atoms with Gasteiger partial charge in [-0.25, -0.2) is 23.0 Å². The van der Waals surface area contributed by atoms with Gasteiger partial charge < -0.3 is 10.1 Å². The van der Waals surface area contributed by atoms with Crippen molar-refractivity contribution in [1.82, 2.24) is 9.78 Å². The number of amides is 1. The van der Waals surface area contributed by atoms with Gasteiger partial charge in [0.1, 0.15) is 9.71 Å². The van der Waals surface area contributed by atoms with Gasteiger partial charge >= 0.3 is 5.97 Å². The molecule has 0 aliphatic rings. The number of carbonyl (C=O) groups excluding carboxylic acids is 2. The van der Waals surface area contributed by atoms with Crippen LogP contribution in [0, 0.1) is 6.92 Å². The number of rotatable bonds is 6. The molecule has 0 aliphatic heterocycles. The fraction of sp³-hybridized carbons (Fsp3) is 0.0952. The fourth-order valence-electron chi connectivity index (χ4n) is 3.08. The first kappa shape index (κ1) is 22.9. The van der Waals surface area contributed by atoms with Crippen molar-refractivity contribution in [2.45, 2.75) is 11.8 Å². The van der Waals surface area contributed by atoms with E-state index in [4.69, 9.17) is 21.5 Å². The van der Waals surface area contributed by atoms with Gasteiger partial charge in [-0.1, -0.05) is 23.7 Å². The van der Waals surface area contributed by atoms with Crippen molar-refractivity contribution in [3.63, 3.8) is 0 Å².